The zero-order valence-electron chi connectivity index (χ0n) is 72.7. The van der Waals surface area contributed by atoms with Crippen LogP contribution in [0.5, 0.6) is 0 Å². The van der Waals surface area contributed by atoms with E-state index in [-0.39, 0.29) is 45.1 Å². The number of halogens is 6. The van der Waals surface area contributed by atoms with Crippen LogP contribution in [0, 0.1) is 90.3 Å². The lowest BCUT2D eigenvalue weighted by molar-refractivity contribution is -0.660. The van der Waals surface area contributed by atoms with Crippen molar-refractivity contribution in [1.82, 2.24) is 44.9 Å². The van der Waals surface area contributed by atoms with Crippen LogP contribution in [0.15, 0.2) is 194 Å². The Labute approximate surface area is 716 Å². The Hall–Kier alpha value is -13.8. The molecule has 0 amide bonds. The maximum Gasteiger partial charge on any atom is 0.216 e. The van der Waals surface area contributed by atoms with Crippen molar-refractivity contribution in [1.29, 1.82) is 0 Å². The molecule has 21 rings (SSSR count). The van der Waals surface area contributed by atoms with Crippen LogP contribution >= 0.6 is 0 Å². The van der Waals surface area contributed by atoms with Crippen LogP contribution in [0.2, 0.25) is 0 Å². The number of hydrogen-bond acceptors (Lipinski definition) is 13. The maximum absolute atomic E-state index is 14.9. The first-order valence-electron chi connectivity index (χ1n) is 41.6. The van der Waals surface area contributed by atoms with Crippen molar-refractivity contribution in [3.63, 3.8) is 0 Å². The highest BCUT2D eigenvalue weighted by molar-refractivity contribution is 6.13. The van der Waals surface area contributed by atoms with Gasteiger partial charge >= 0.3 is 0 Å². The van der Waals surface area contributed by atoms with Gasteiger partial charge in [-0.3, -0.25) is 0 Å². The number of benzene rings is 8. The van der Waals surface area contributed by atoms with Gasteiger partial charge in [-0.25, -0.2) is 89.5 Å². The van der Waals surface area contributed by atoms with Gasteiger partial charge in [-0.15, -0.1) is 0 Å². The van der Waals surface area contributed by atoms with Crippen molar-refractivity contribution < 1.29 is 62.3 Å². The molecule has 17 nitrogen and oxygen atoms in total. The van der Waals surface area contributed by atoms with E-state index in [9.17, 15) is 26.3 Å². The van der Waals surface area contributed by atoms with Crippen LogP contribution in [-0.4, -0.2) is 44.9 Å². The van der Waals surface area contributed by atoms with Gasteiger partial charge < -0.3 is 17.7 Å². The van der Waals surface area contributed by atoms with E-state index in [1.807, 2.05) is 152 Å². The number of aromatic nitrogens is 13. The third-order valence-electron chi connectivity index (χ3n) is 23.9. The average molecular weight is 1680 g/mol. The van der Waals surface area contributed by atoms with Gasteiger partial charge in [0.15, 0.2) is 47.8 Å². The molecule has 0 saturated heterocycles. The summed E-state index contributed by atoms with van der Waals surface area (Å²) < 4.78 is 117. The summed E-state index contributed by atoms with van der Waals surface area (Å²) in [6.07, 6.45) is 12.0. The SMILES string of the molecule is Cc1cc(F)c2c(oc3cc(F)ccc32)c1-c1cc2c(c[n+]1C)C1CCC2C1.Cc1ccc2c(oc3cc(F)ccc32)c1-c1ccc(-c2nc(C(C)(C)C)nc(C(C)(C)C)n2)c[n+]1C.Cc1nc(C)nc(-c2ccc(-c3c(C)ccc4c3oc3cc(F)cc(F)c34)[n+](C)c2)n1.Cc1nc(C)nc(-c2ccc(-c3c(C)ccc4c3oc3cc(F)ccc34)[n+](C)c2)n1. The molecule has 11 heterocycles. The smallest absolute Gasteiger partial charge is 0.216 e. The zero-order valence-corrected chi connectivity index (χ0v) is 72.7. The third-order valence-corrected chi connectivity index (χ3v) is 23.9. The molecule has 1 fully saturated rings. The van der Waals surface area contributed by atoms with Gasteiger partial charge in [0.2, 0.25) is 22.8 Å². The van der Waals surface area contributed by atoms with Crippen molar-refractivity contribution in [2.24, 2.45) is 28.2 Å². The minimum absolute atomic E-state index is 0.190. The van der Waals surface area contributed by atoms with E-state index in [1.165, 1.54) is 72.9 Å². The fraction of sp³-hybridized carbons (Fsp3) is 0.245. The second-order valence-electron chi connectivity index (χ2n) is 35.2. The molecule has 125 heavy (non-hydrogen) atoms. The Morgan fingerprint density at radius 2 is 0.664 bits per heavy atom. The molecule has 0 radical (unpaired) electrons. The largest absolute Gasteiger partial charge is 0.455 e. The number of pyridine rings is 4. The third kappa shape index (κ3) is 15.1. The summed E-state index contributed by atoms with van der Waals surface area (Å²) in [6.45, 7) is 28.1. The summed E-state index contributed by atoms with van der Waals surface area (Å²) in [5.74, 6) is 4.86. The Morgan fingerprint density at radius 3 is 1.11 bits per heavy atom. The lowest BCUT2D eigenvalue weighted by atomic mass is 9.91. The number of rotatable bonds is 7. The topological polar surface area (TPSA) is 184 Å². The number of aryl methyl sites for hydroxylation is 12. The van der Waals surface area contributed by atoms with Crippen LogP contribution in [0.1, 0.15) is 141 Å². The second-order valence-corrected chi connectivity index (χ2v) is 35.2. The molecule has 2 aliphatic carbocycles. The molecule has 0 aliphatic heterocycles. The molecule has 2 unspecified atom stereocenters. The fourth-order valence-corrected chi connectivity index (χ4v) is 17.9. The number of hydrogen-bond donors (Lipinski definition) is 0. The molecule has 11 aromatic heterocycles. The van der Waals surface area contributed by atoms with Crippen LogP contribution in [0.4, 0.5) is 26.3 Å². The lowest BCUT2D eigenvalue weighted by Gasteiger charge is -2.22. The molecule has 0 spiro atoms. The summed E-state index contributed by atoms with van der Waals surface area (Å²) >= 11 is 0. The molecular weight excluding hydrogens is 1590 g/mol. The average Bonchev–Trinajstić information content (AvgIpc) is 1.92. The summed E-state index contributed by atoms with van der Waals surface area (Å²) in [5.41, 5.74) is 20.9. The molecule has 19 aromatic rings. The fourth-order valence-electron chi connectivity index (χ4n) is 17.9. The van der Waals surface area contributed by atoms with Crippen LogP contribution in [0.3, 0.4) is 0 Å². The predicted molar refractivity (Wildman–Crippen MR) is 472 cm³/mol. The van der Waals surface area contributed by atoms with Gasteiger partial charge in [-0.2, -0.15) is 0 Å². The molecular formula is C102H91F6N13O4+4. The van der Waals surface area contributed by atoms with Crippen molar-refractivity contribution in [2.45, 2.75) is 139 Å². The minimum atomic E-state index is -0.667. The summed E-state index contributed by atoms with van der Waals surface area (Å²) in [4.78, 5) is 40.8. The number of fused-ring (bicyclic) bond motifs is 17. The normalized spacial score (nSPS) is 13.8. The standard InChI is InChI=1S/C30H32FN4O.C24H19F2N4O.C24H20F2NO.C24H20FN4O/c1-17-9-12-21-20-13-11-19(31)15-23(20)36-25(21)24(17)22-14-10-18(16-35(22)8)26-32-27(29(2,3)4)34-28(33-26)30(5,6)7;1-12-5-7-17-22-18(26)9-16(25)10-20(22)31-23(17)21(12)19-8-6-15(11-30(19)4)24-28-13(2)27-14(3)29-24;1-12-7-19(26)23-16-6-5-15(25)9-21(16)28-24(23)22(12)20-10-17-13-3-4-14(8-13)18(17)11-27(20)2;1-13-5-8-19-18-9-7-17(25)11-21(18)30-23(19)22(13)20-10-6-16(12-29(20)4)24-27-14(2)26-15(3)28-24/h9-16H,1-8H3;5-11H,1-4H3;5-7,9-11,13-14H,3-4,8H2,1-2H3;5-12H,1-4H3/q4*+1. The van der Waals surface area contributed by atoms with Crippen LogP contribution in [0.25, 0.3) is 167 Å². The predicted octanol–water partition coefficient (Wildman–Crippen LogP) is 23.1. The lowest BCUT2D eigenvalue weighted by Crippen LogP contribution is -2.32. The molecule has 2 atom stereocenters. The molecule has 626 valence electrons. The van der Waals surface area contributed by atoms with E-state index < -0.39 is 11.6 Å². The molecule has 2 bridgehead atoms. The Bertz CT molecular complexity index is 7630. The van der Waals surface area contributed by atoms with E-state index in [2.05, 4.69) is 125 Å². The van der Waals surface area contributed by atoms with E-state index >= 15 is 0 Å². The van der Waals surface area contributed by atoms with E-state index in [0.29, 0.717) is 96.7 Å². The van der Waals surface area contributed by atoms with Gasteiger partial charge in [0.1, 0.15) is 137 Å². The first-order valence-corrected chi connectivity index (χ1v) is 41.6. The summed E-state index contributed by atoms with van der Waals surface area (Å²) in [5, 5.41) is 5.68. The Morgan fingerprint density at radius 1 is 0.304 bits per heavy atom. The first kappa shape index (κ1) is 82.1. The minimum Gasteiger partial charge on any atom is -0.455 e. The monoisotopic (exact) mass is 1680 g/mol. The van der Waals surface area contributed by atoms with E-state index in [0.717, 1.165) is 134 Å². The van der Waals surface area contributed by atoms with Crippen LogP contribution in [-0.2, 0) is 39.0 Å². The van der Waals surface area contributed by atoms with Gasteiger partial charge in [-0.1, -0.05) is 77.9 Å². The highest BCUT2D eigenvalue weighted by Gasteiger charge is 2.41. The molecule has 8 aromatic carbocycles. The van der Waals surface area contributed by atoms with Crippen molar-refractivity contribution in [3.8, 4) is 79.2 Å². The highest BCUT2D eigenvalue weighted by Crippen LogP contribution is 2.54. The number of nitrogens with zero attached hydrogens (tertiary/aromatic N) is 13. The van der Waals surface area contributed by atoms with Gasteiger partial charge in [-0.05, 0) is 175 Å². The van der Waals surface area contributed by atoms with Crippen LogP contribution < -0.4 is 18.3 Å². The highest BCUT2D eigenvalue weighted by atomic mass is 19.1. The Balaban J connectivity index is 0.000000114. The molecule has 0 N–H and O–H groups in total. The summed E-state index contributed by atoms with van der Waals surface area (Å²) in [7, 11) is 7.95. The maximum atomic E-state index is 14.9. The second kappa shape index (κ2) is 31.2. The molecule has 2 aliphatic rings. The van der Waals surface area contributed by atoms with Gasteiger partial charge in [0, 0.05) is 103 Å². The van der Waals surface area contributed by atoms with Crippen molar-refractivity contribution in [2.75, 3.05) is 0 Å². The Kier molecular flexibility index (Phi) is 20.5. The van der Waals surface area contributed by atoms with Crippen molar-refractivity contribution in [3.05, 3.63) is 280 Å². The number of furan rings is 4. The quantitative estimate of drug-likeness (QED) is 0.109. The molecule has 23 heteroatoms. The van der Waals surface area contributed by atoms with E-state index in [1.54, 1.807) is 24.3 Å². The van der Waals surface area contributed by atoms with Gasteiger partial charge in [0.25, 0.3) is 0 Å². The van der Waals surface area contributed by atoms with E-state index in [4.69, 9.17) is 32.6 Å². The molecule has 1 saturated carbocycles. The van der Waals surface area contributed by atoms with Crippen molar-refractivity contribution >= 4 is 87.8 Å². The van der Waals surface area contributed by atoms with Gasteiger partial charge in [0.05, 0.1) is 49.7 Å². The summed E-state index contributed by atoms with van der Waals surface area (Å²) in [6, 6.07) is 43.6. The first-order chi connectivity index (χ1) is 59.5. The zero-order chi connectivity index (χ0) is 88.0.